The van der Waals surface area contributed by atoms with Gasteiger partial charge in [-0.2, -0.15) is 10.2 Å². The number of piperazine rings is 1. The van der Waals surface area contributed by atoms with Gasteiger partial charge in [-0.3, -0.25) is 9.69 Å². The average molecular weight is 621 g/mol. The maximum absolute atomic E-state index is 14.9. The molecule has 0 unspecified atom stereocenters. The van der Waals surface area contributed by atoms with Crippen molar-refractivity contribution < 1.29 is 28.2 Å². The molecule has 2 atom stereocenters. The summed E-state index contributed by atoms with van der Waals surface area (Å²) < 4.78 is 40.8. The van der Waals surface area contributed by atoms with Crippen molar-refractivity contribution in [1.29, 1.82) is 5.26 Å². The minimum Gasteiger partial charge on any atom is -0.483 e. The predicted molar refractivity (Wildman–Crippen MR) is 160 cm³/mol. The first-order chi connectivity index (χ1) is 21.7. The molecule has 0 bridgehead atoms. The van der Waals surface area contributed by atoms with Crippen LogP contribution >= 0.6 is 0 Å². The minimum atomic E-state index is -3.38. The summed E-state index contributed by atoms with van der Waals surface area (Å²) in [6.45, 7) is 5.50. The molecule has 0 saturated carbocycles. The molecule has 6 rings (SSSR count). The Hall–Kier alpha value is -4.45. The van der Waals surface area contributed by atoms with Gasteiger partial charge in [0.25, 0.3) is 0 Å². The predicted octanol–water partition coefficient (Wildman–Crippen LogP) is 2.67. The van der Waals surface area contributed by atoms with E-state index in [4.69, 9.17) is 14.6 Å². The normalized spacial score (nSPS) is 21.9. The highest BCUT2D eigenvalue weighted by Gasteiger charge is 2.50. The average Bonchev–Trinajstić information content (AvgIpc) is 3.02. The smallest absolute Gasteiger partial charge is 0.301 e. The number of aromatic nitrogens is 3. The Morgan fingerprint density at radius 2 is 1.91 bits per heavy atom. The molecular formula is C31H34F2N8O4. The lowest BCUT2D eigenvalue weighted by Crippen LogP contribution is -2.59. The molecular weight excluding hydrogens is 586 g/mol. The van der Waals surface area contributed by atoms with Gasteiger partial charge in [-0.25, -0.2) is 18.7 Å². The van der Waals surface area contributed by atoms with Crippen LogP contribution in [-0.4, -0.2) is 112 Å². The van der Waals surface area contributed by atoms with Gasteiger partial charge in [0.2, 0.25) is 11.9 Å². The number of likely N-dealkylation sites (tertiary alicyclic amines) is 1. The number of hydrogen-bond donors (Lipinski definition) is 2. The van der Waals surface area contributed by atoms with E-state index in [0.717, 1.165) is 55.7 Å². The first kappa shape index (κ1) is 30.6. The summed E-state index contributed by atoms with van der Waals surface area (Å²) in [6.07, 6.45) is -0.368. The standard InChI is InChI=1S/C31H34F2N8O4/c1-20-12-27(31(32,33)18-41(20)28(43)15-42)45-26-7-2-21(13-22(26)14-34)29-35-19-36-30(38-29)37-23-3-5-24(6-4-23)39-8-10-40(11-9-39)25-16-44-17-25/h2-7,13,19-20,25,27,42H,8-12,15-18H2,1H3,(H,35,36,37,38)/t20-,27-/m1/s1. The molecule has 0 radical (unpaired) electrons. The lowest BCUT2D eigenvalue weighted by molar-refractivity contribution is -0.170. The van der Waals surface area contributed by atoms with E-state index >= 15 is 0 Å². The van der Waals surface area contributed by atoms with E-state index in [1.165, 1.54) is 18.5 Å². The number of nitrogens with zero attached hydrogens (tertiary/aromatic N) is 7. The molecule has 2 N–H and O–H groups in total. The number of halogens is 2. The fourth-order valence-corrected chi connectivity index (χ4v) is 5.83. The first-order valence-electron chi connectivity index (χ1n) is 14.9. The van der Waals surface area contributed by atoms with Gasteiger partial charge in [0.05, 0.1) is 31.4 Å². The molecule has 45 heavy (non-hydrogen) atoms. The molecule has 12 nitrogen and oxygen atoms in total. The molecule has 1 amide bonds. The van der Waals surface area contributed by atoms with Crippen molar-refractivity contribution in [3.8, 4) is 23.2 Å². The fraction of sp³-hybridized carbons (Fsp3) is 0.452. The molecule has 1 aromatic heterocycles. The first-order valence-corrected chi connectivity index (χ1v) is 14.9. The number of ether oxygens (including phenoxy) is 2. The summed E-state index contributed by atoms with van der Waals surface area (Å²) in [7, 11) is 0. The number of nitriles is 1. The zero-order valence-corrected chi connectivity index (χ0v) is 24.8. The summed E-state index contributed by atoms with van der Waals surface area (Å²) >= 11 is 0. The van der Waals surface area contributed by atoms with Gasteiger partial charge in [0.1, 0.15) is 24.8 Å². The molecule has 4 heterocycles. The summed E-state index contributed by atoms with van der Waals surface area (Å²) in [4.78, 5) is 30.6. The van der Waals surface area contributed by atoms with Gasteiger partial charge >= 0.3 is 5.92 Å². The minimum absolute atomic E-state index is 0.00831. The number of carbonyl (C=O) groups is 1. The van der Waals surface area contributed by atoms with Crippen LogP contribution in [0.5, 0.6) is 5.75 Å². The highest BCUT2D eigenvalue weighted by molar-refractivity contribution is 5.77. The van der Waals surface area contributed by atoms with E-state index in [2.05, 4.69) is 42.2 Å². The van der Waals surface area contributed by atoms with Crippen LogP contribution in [0, 0.1) is 11.3 Å². The number of nitrogens with one attached hydrogen (secondary N) is 1. The number of piperidine rings is 1. The Labute approximate surface area is 259 Å². The van der Waals surface area contributed by atoms with Crippen LogP contribution in [-0.2, 0) is 9.53 Å². The van der Waals surface area contributed by atoms with E-state index < -0.39 is 37.1 Å². The van der Waals surface area contributed by atoms with Crippen LogP contribution in [0.25, 0.3) is 11.4 Å². The Morgan fingerprint density at radius 1 is 1.16 bits per heavy atom. The van der Waals surface area contributed by atoms with Gasteiger partial charge in [-0.1, -0.05) is 0 Å². The second kappa shape index (κ2) is 12.9. The van der Waals surface area contributed by atoms with Crippen molar-refractivity contribution in [1.82, 2.24) is 24.8 Å². The van der Waals surface area contributed by atoms with E-state index in [-0.39, 0.29) is 23.6 Å². The van der Waals surface area contributed by atoms with Crippen LogP contribution in [0.4, 0.5) is 26.1 Å². The van der Waals surface area contributed by atoms with Crippen molar-refractivity contribution in [2.75, 3.05) is 62.8 Å². The summed E-state index contributed by atoms with van der Waals surface area (Å²) in [5.74, 6) is -3.56. The number of hydrogen-bond acceptors (Lipinski definition) is 11. The van der Waals surface area contributed by atoms with E-state index in [0.29, 0.717) is 17.6 Å². The molecule has 14 heteroatoms. The van der Waals surface area contributed by atoms with Crippen molar-refractivity contribution >= 4 is 23.2 Å². The van der Waals surface area contributed by atoms with Crippen LogP contribution in [0.2, 0.25) is 0 Å². The Kier molecular flexibility index (Phi) is 8.75. The maximum Gasteiger partial charge on any atom is 0.301 e. The number of rotatable bonds is 8. The van der Waals surface area contributed by atoms with Crippen LogP contribution in [0.15, 0.2) is 48.8 Å². The van der Waals surface area contributed by atoms with E-state index in [1.54, 1.807) is 13.0 Å². The number of aliphatic hydroxyl groups is 1. The van der Waals surface area contributed by atoms with Gasteiger partial charge in [-0.15, -0.1) is 0 Å². The number of carbonyl (C=O) groups excluding carboxylic acids is 1. The molecule has 236 valence electrons. The second-order valence-corrected chi connectivity index (χ2v) is 11.5. The zero-order valence-electron chi connectivity index (χ0n) is 24.8. The third kappa shape index (κ3) is 6.65. The lowest BCUT2D eigenvalue weighted by atomic mass is 9.96. The third-order valence-electron chi connectivity index (χ3n) is 8.53. The van der Waals surface area contributed by atoms with Crippen LogP contribution in [0.3, 0.4) is 0 Å². The second-order valence-electron chi connectivity index (χ2n) is 11.5. The lowest BCUT2D eigenvalue weighted by Gasteiger charge is -2.43. The molecule has 3 aromatic rings. The van der Waals surface area contributed by atoms with Crippen molar-refractivity contribution in [2.24, 2.45) is 0 Å². The topological polar surface area (TPSA) is 140 Å². The fourth-order valence-electron chi connectivity index (χ4n) is 5.83. The third-order valence-corrected chi connectivity index (χ3v) is 8.53. The van der Waals surface area contributed by atoms with Crippen LogP contribution < -0.4 is 15.0 Å². The van der Waals surface area contributed by atoms with Gasteiger partial charge in [-0.05, 0) is 49.4 Å². The molecule has 3 saturated heterocycles. The molecule has 0 spiro atoms. The SMILES string of the molecule is C[C@@H]1C[C@@H](Oc2ccc(-c3ncnc(Nc4ccc(N5CCN(C6COC6)CC5)cc4)n3)cc2C#N)C(F)(F)CN1C(=O)CO. The highest BCUT2D eigenvalue weighted by Crippen LogP contribution is 2.36. The highest BCUT2D eigenvalue weighted by atomic mass is 19.3. The van der Waals surface area contributed by atoms with Crippen LogP contribution in [0.1, 0.15) is 18.9 Å². The van der Waals surface area contributed by atoms with Gasteiger partial charge in [0, 0.05) is 55.6 Å². The number of aliphatic hydroxyl groups excluding tert-OH is 1. The quantitative estimate of drug-likeness (QED) is 0.384. The van der Waals surface area contributed by atoms with Crippen molar-refractivity contribution in [3.63, 3.8) is 0 Å². The maximum atomic E-state index is 14.9. The Bertz CT molecular complexity index is 1560. The summed E-state index contributed by atoms with van der Waals surface area (Å²) in [6, 6.07) is 14.5. The number of amides is 1. The zero-order chi connectivity index (χ0) is 31.6. The monoisotopic (exact) mass is 620 g/mol. The number of benzene rings is 2. The summed E-state index contributed by atoms with van der Waals surface area (Å²) in [5.41, 5.74) is 2.46. The molecule has 0 aliphatic carbocycles. The Morgan fingerprint density at radius 3 is 2.58 bits per heavy atom. The molecule has 3 fully saturated rings. The molecule has 3 aliphatic heterocycles. The summed E-state index contributed by atoms with van der Waals surface area (Å²) in [5, 5.41) is 22.1. The van der Waals surface area contributed by atoms with Crippen molar-refractivity contribution in [3.05, 3.63) is 54.4 Å². The number of alkyl halides is 2. The van der Waals surface area contributed by atoms with Crippen molar-refractivity contribution in [2.45, 2.75) is 37.5 Å². The van der Waals surface area contributed by atoms with E-state index in [1.807, 2.05) is 18.2 Å². The molecule has 3 aliphatic rings. The Balaban J connectivity index is 1.10. The molecule has 2 aromatic carbocycles. The largest absolute Gasteiger partial charge is 0.483 e. The van der Waals surface area contributed by atoms with Gasteiger partial charge < -0.3 is 29.7 Å². The van der Waals surface area contributed by atoms with Gasteiger partial charge in [0.15, 0.2) is 11.9 Å². The number of anilines is 3. The van der Waals surface area contributed by atoms with E-state index in [9.17, 15) is 18.8 Å².